The van der Waals surface area contributed by atoms with Crippen LogP contribution in [0.3, 0.4) is 0 Å². The van der Waals surface area contributed by atoms with Crippen LogP contribution < -0.4 is 0 Å². The van der Waals surface area contributed by atoms with Crippen LogP contribution in [0.4, 0.5) is 0 Å². The molecule has 0 fully saturated rings. The van der Waals surface area contributed by atoms with E-state index in [9.17, 15) is 9.59 Å². The predicted molar refractivity (Wildman–Crippen MR) is 54.8 cm³/mol. The number of esters is 2. The second-order valence-electron chi connectivity index (χ2n) is 3.28. The standard InChI is InChI=1S/C10H13N3O4/c1-3-16-9(14)7-6(5-11)12-13-8(7)10(15)17-4-2/h6-8H,3-4H2,1-2H3/t6-,7-,8-/m1/s1. The Bertz CT molecular complexity index is 374. The molecule has 92 valence electrons. The molecule has 17 heavy (non-hydrogen) atoms. The van der Waals surface area contributed by atoms with Crippen molar-refractivity contribution < 1.29 is 19.1 Å². The van der Waals surface area contributed by atoms with Gasteiger partial charge in [0, 0.05) is 0 Å². The van der Waals surface area contributed by atoms with Crippen LogP contribution in [-0.2, 0) is 19.1 Å². The smallest absolute Gasteiger partial charge is 0.333 e. The summed E-state index contributed by atoms with van der Waals surface area (Å²) in [5, 5.41) is 16.0. The second kappa shape index (κ2) is 5.94. The molecule has 1 rings (SSSR count). The number of nitrogens with zero attached hydrogens (tertiary/aromatic N) is 3. The van der Waals surface area contributed by atoms with Crippen molar-refractivity contribution in [3.05, 3.63) is 0 Å². The van der Waals surface area contributed by atoms with Crippen LogP contribution in [0.25, 0.3) is 0 Å². The van der Waals surface area contributed by atoms with Crippen LogP contribution in [-0.4, -0.2) is 37.2 Å². The fourth-order valence-corrected chi connectivity index (χ4v) is 1.48. The highest BCUT2D eigenvalue weighted by atomic mass is 16.5. The molecule has 0 aliphatic carbocycles. The van der Waals surface area contributed by atoms with Crippen molar-refractivity contribution in [3.8, 4) is 6.07 Å². The van der Waals surface area contributed by atoms with Gasteiger partial charge in [-0.25, -0.2) is 4.79 Å². The lowest BCUT2D eigenvalue weighted by atomic mass is 9.95. The number of nitriles is 1. The fourth-order valence-electron chi connectivity index (χ4n) is 1.48. The van der Waals surface area contributed by atoms with Crippen molar-refractivity contribution in [2.75, 3.05) is 13.2 Å². The van der Waals surface area contributed by atoms with Gasteiger partial charge in [-0.15, -0.1) is 0 Å². The summed E-state index contributed by atoms with van der Waals surface area (Å²) in [6.07, 6.45) is 0. The summed E-state index contributed by atoms with van der Waals surface area (Å²) < 4.78 is 9.57. The van der Waals surface area contributed by atoms with E-state index in [2.05, 4.69) is 10.2 Å². The quantitative estimate of drug-likeness (QED) is 0.663. The molecule has 3 atom stereocenters. The molecule has 0 aromatic rings. The molecule has 0 saturated carbocycles. The van der Waals surface area contributed by atoms with Gasteiger partial charge in [0.15, 0.2) is 12.1 Å². The zero-order chi connectivity index (χ0) is 12.8. The van der Waals surface area contributed by atoms with Crippen LogP contribution in [0, 0.1) is 17.2 Å². The maximum absolute atomic E-state index is 11.6. The summed E-state index contributed by atoms with van der Waals surface area (Å²) in [6.45, 7) is 3.63. The average Bonchev–Trinajstić information content (AvgIpc) is 2.73. The number of carbonyl (C=O) groups is 2. The molecule has 0 amide bonds. The molecule has 0 spiro atoms. The highest BCUT2D eigenvalue weighted by Crippen LogP contribution is 2.25. The first kappa shape index (κ1) is 13.1. The Balaban J connectivity index is 2.83. The van der Waals surface area contributed by atoms with Gasteiger partial charge in [0.2, 0.25) is 0 Å². The highest BCUT2D eigenvalue weighted by Gasteiger charge is 2.46. The molecule has 1 heterocycles. The van der Waals surface area contributed by atoms with Crippen LogP contribution >= 0.6 is 0 Å². The molecule has 0 aromatic heterocycles. The molecule has 0 unspecified atom stereocenters. The molecule has 7 nitrogen and oxygen atoms in total. The van der Waals surface area contributed by atoms with Crippen molar-refractivity contribution in [2.45, 2.75) is 25.9 Å². The van der Waals surface area contributed by atoms with E-state index in [1.54, 1.807) is 13.8 Å². The Morgan fingerprint density at radius 3 is 2.29 bits per heavy atom. The summed E-state index contributed by atoms with van der Waals surface area (Å²) in [7, 11) is 0. The fraction of sp³-hybridized carbons (Fsp3) is 0.700. The number of rotatable bonds is 4. The van der Waals surface area contributed by atoms with E-state index >= 15 is 0 Å². The average molecular weight is 239 g/mol. The molecule has 0 aromatic carbocycles. The van der Waals surface area contributed by atoms with E-state index in [1.807, 2.05) is 6.07 Å². The van der Waals surface area contributed by atoms with E-state index in [1.165, 1.54) is 0 Å². The number of hydrogen-bond donors (Lipinski definition) is 0. The van der Waals surface area contributed by atoms with Gasteiger partial charge in [0.05, 0.1) is 19.3 Å². The molecule has 0 radical (unpaired) electrons. The predicted octanol–water partition coefficient (Wildman–Crippen LogP) is 0.455. The maximum atomic E-state index is 11.6. The first-order valence-corrected chi connectivity index (χ1v) is 5.28. The number of hydrogen-bond acceptors (Lipinski definition) is 7. The van der Waals surface area contributed by atoms with Crippen molar-refractivity contribution in [3.63, 3.8) is 0 Å². The zero-order valence-corrected chi connectivity index (χ0v) is 9.62. The van der Waals surface area contributed by atoms with E-state index in [0.717, 1.165) is 0 Å². The Morgan fingerprint density at radius 2 is 1.76 bits per heavy atom. The van der Waals surface area contributed by atoms with Gasteiger partial charge < -0.3 is 9.47 Å². The van der Waals surface area contributed by atoms with E-state index < -0.39 is 29.9 Å². The van der Waals surface area contributed by atoms with Crippen LogP contribution in [0.2, 0.25) is 0 Å². The topological polar surface area (TPSA) is 101 Å². The molecule has 0 saturated heterocycles. The highest BCUT2D eigenvalue weighted by molar-refractivity contribution is 5.86. The molecule has 1 aliphatic heterocycles. The molecule has 7 heteroatoms. The van der Waals surface area contributed by atoms with Crippen molar-refractivity contribution in [2.24, 2.45) is 16.1 Å². The maximum Gasteiger partial charge on any atom is 0.333 e. The summed E-state index contributed by atoms with van der Waals surface area (Å²) in [6, 6.07) is -0.242. The third-order valence-electron chi connectivity index (χ3n) is 2.21. The lowest BCUT2D eigenvalue weighted by Crippen LogP contribution is -2.38. The Morgan fingerprint density at radius 1 is 1.18 bits per heavy atom. The second-order valence-corrected chi connectivity index (χ2v) is 3.28. The minimum atomic E-state index is -1.07. The minimum Gasteiger partial charge on any atom is -0.466 e. The van der Waals surface area contributed by atoms with Gasteiger partial charge in [-0.1, -0.05) is 0 Å². The summed E-state index contributed by atoms with van der Waals surface area (Å²) in [5.74, 6) is -2.31. The largest absolute Gasteiger partial charge is 0.466 e. The zero-order valence-electron chi connectivity index (χ0n) is 9.62. The van der Waals surface area contributed by atoms with E-state index in [0.29, 0.717) is 0 Å². The summed E-state index contributed by atoms with van der Waals surface area (Å²) in [5.41, 5.74) is 0. The molecule has 0 N–H and O–H groups in total. The van der Waals surface area contributed by atoms with Gasteiger partial charge in [-0.05, 0) is 13.8 Å². The van der Waals surface area contributed by atoms with Crippen molar-refractivity contribution >= 4 is 11.9 Å². The van der Waals surface area contributed by atoms with Gasteiger partial charge in [0.1, 0.15) is 5.92 Å². The molecular weight excluding hydrogens is 226 g/mol. The van der Waals surface area contributed by atoms with Crippen LogP contribution in [0.1, 0.15) is 13.8 Å². The normalized spacial score (nSPS) is 26.3. The van der Waals surface area contributed by atoms with Crippen molar-refractivity contribution in [1.82, 2.24) is 0 Å². The lowest BCUT2D eigenvalue weighted by Gasteiger charge is -2.15. The number of ether oxygens (including phenoxy) is 2. The lowest BCUT2D eigenvalue weighted by molar-refractivity contribution is -0.155. The summed E-state index contributed by atoms with van der Waals surface area (Å²) >= 11 is 0. The van der Waals surface area contributed by atoms with Gasteiger partial charge in [-0.3, -0.25) is 4.79 Å². The third-order valence-corrected chi connectivity index (χ3v) is 2.21. The summed E-state index contributed by atoms with van der Waals surface area (Å²) in [4.78, 5) is 23.2. The molecule has 0 bridgehead atoms. The first-order valence-electron chi connectivity index (χ1n) is 5.28. The Kier molecular flexibility index (Phi) is 4.57. The molecule has 1 aliphatic rings. The number of carbonyl (C=O) groups excluding carboxylic acids is 2. The Hall–Kier alpha value is -1.97. The van der Waals surface area contributed by atoms with Crippen molar-refractivity contribution in [1.29, 1.82) is 5.26 Å². The van der Waals surface area contributed by atoms with E-state index in [4.69, 9.17) is 14.7 Å². The number of azo groups is 1. The van der Waals surface area contributed by atoms with E-state index in [-0.39, 0.29) is 13.2 Å². The van der Waals surface area contributed by atoms with Gasteiger partial charge in [-0.2, -0.15) is 15.5 Å². The third kappa shape index (κ3) is 2.78. The van der Waals surface area contributed by atoms with Crippen LogP contribution in [0.15, 0.2) is 10.2 Å². The first-order chi connectivity index (χ1) is 8.15. The van der Waals surface area contributed by atoms with Gasteiger partial charge >= 0.3 is 11.9 Å². The minimum absolute atomic E-state index is 0.170. The van der Waals surface area contributed by atoms with Gasteiger partial charge in [0.25, 0.3) is 0 Å². The monoisotopic (exact) mass is 239 g/mol. The van der Waals surface area contributed by atoms with Crippen LogP contribution in [0.5, 0.6) is 0 Å². The molecular formula is C10H13N3O4. The SMILES string of the molecule is CCOC(=O)[C@@H]1[C@@H](C#N)N=N[C@H]1C(=O)OCC. The Labute approximate surface area is 98.4 Å².